The molecule has 0 bridgehead atoms. The zero-order valence-electron chi connectivity index (χ0n) is 10.0. The predicted octanol–water partition coefficient (Wildman–Crippen LogP) is 3.32. The maximum atomic E-state index is 12.1. The molecule has 0 saturated heterocycles. The van der Waals surface area contributed by atoms with Crippen molar-refractivity contribution in [2.24, 2.45) is 0 Å². The number of anilines is 1. The minimum atomic E-state index is -0.671. The zero-order chi connectivity index (χ0) is 14.7. The summed E-state index contributed by atoms with van der Waals surface area (Å²) >= 11 is 3.26. The lowest BCUT2D eigenvalue weighted by Gasteiger charge is -2.06. The molecular formula is C13H9BrN2O4. The first-order chi connectivity index (χ1) is 9.47. The van der Waals surface area contributed by atoms with Crippen LogP contribution in [0, 0.1) is 10.1 Å². The molecule has 0 radical (unpaired) electrons. The van der Waals surface area contributed by atoms with Gasteiger partial charge in [0.25, 0.3) is 11.6 Å². The normalized spacial score (nSPS) is 10.1. The Labute approximate surface area is 122 Å². The van der Waals surface area contributed by atoms with Crippen molar-refractivity contribution in [3.8, 4) is 5.75 Å². The smallest absolute Gasteiger partial charge is 0.282 e. The monoisotopic (exact) mass is 336 g/mol. The van der Waals surface area contributed by atoms with Crippen LogP contribution < -0.4 is 5.32 Å². The number of aromatic hydroxyl groups is 1. The zero-order valence-corrected chi connectivity index (χ0v) is 11.6. The lowest BCUT2D eigenvalue weighted by atomic mass is 10.1. The molecule has 0 aromatic heterocycles. The van der Waals surface area contributed by atoms with E-state index in [-0.39, 0.29) is 17.0 Å². The average molecular weight is 337 g/mol. The number of carbonyl (C=O) groups is 1. The molecule has 7 heteroatoms. The standard InChI is InChI=1S/C13H9BrN2O4/c14-8-2-1-3-9(6-8)15-13(18)11-7-10(17)4-5-12(11)16(19)20/h1-7,17H,(H,15,18). The highest BCUT2D eigenvalue weighted by molar-refractivity contribution is 9.10. The lowest BCUT2D eigenvalue weighted by molar-refractivity contribution is -0.385. The quantitative estimate of drug-likeness (QED) is 0.664. The number of halogens is 1. The molecule has 2 aromatic carbocycles. The number of amides is 1. The SMILES string of the molecule is O=C(Nc1cccc(Br)c1)c1cc(O)ccc1[N+](=O)[O-]. The van der Waals surface area contributed by atoms with E-state index in [9.17, 15) is 20.0 Å². The highest BCUT2D eigenvalue weighted by Gasteiger charge is 2.20. The van der Waals surface area contributed by atoms with E-state index in [1.165, 1.54) is 0 Å². The Morgan fingerprint density at radius 3 is 2.65 bits per heavy atom. The number of nitro benzene ring substituents is 1. The molecule has 0 saturated carbocycles. The van der Waals surface area contributed by atoms with Gasteiger partial charge in [-0.3, -0.25) is 14.9 Å². The summed E-state index contributed by atoms with van der Waals surface area (Å²) in [5.74, 6) is -0.874. The van der Waals surface area contributed by atoms with Crippen LogP contribution >= 0.6 is 15.9 Å². The topological polar surface area (TPSA) is 92.5 Å². The van der Waals surface area contributed by atoms with Crippen molar-refractivity contribution < 1.29 is 14.8 Å². The lowest BCUT2D eigenvalue weighted by Crippen LogP contribution is -2.13. The fraction of sp³-hybridized carbons (Fsp3) is 0. The number of phenolic OH excluding ortho intramolecular Hbond substituents is 1. The fourth-order valence-electron chi connectivity index (χ4n) is 1.63. The molecule has 0 spiro atoms. The van der Waals surface area contributed by atoms with Crippen molar-refractivity contribution in [3.63, 3.8) is 0 Å². The summed E-state index contributed by atoms with van der Waals surface area (Å²) in [6.45, 7) is 0. The summed E-state index contributed by atoms with van der Waals surface area (Å²) < 4.78 is 0.765. The second-order valence-electron chi connectivity index (χ2n) is 3.92. The Balaban J connectivity index is 2.34. The largest absolute Gasteiger partial charge is 0.508 e. The maximum Gasteiger partial charge on any atom is 0.282 e. The molecule has 0 heterocycles. The summed E-state index contributed by atoms with van der Waals surface area (Å²) in [5.41, 5.74) is -0.0766. The number of nitrogens with one attached hydrogen (secondary N) is 1. The molecule has 1 amide bonds. The van der Waals surface area contributed by atoms with Crippen molar-refractivity contribution in [1.29, 1.82) is 0 Å². The molecule has 2 N–H and O–H groups in total. The van der Waals surface area contributed by atoms with E-state index in [0.29, 0.717) is 5.69 Å². The fourth-order valence-corrected chi connectivity index (χ4v) is 2.03. The van der Waals surface area contributed by atoms with Crippen LogP contribution in [0.4, 0.5) is 11.4 Å². The van der Waals surface area contributed by atoms with Crippen molar-refractivity contribution >= 4 is 33.2 Å². The minimum absolute atomic E-state index is 0.199. The molecule has 0 fully saturated rings. The van der Waals surface area contributed by atoms with Crippen LogP contribution in [-0.4, -0.2) is 15.9 Å². The molecule has 6 nitrogen and oxygen atoms in total. The third-order valence-corrected chi connectivity index (χ3v) is 3.00. The van der Waals surface area contributed by atoms with Crippen LogP contribution in [-0.2, 0) is 0 Å². The predicted molar refractivity (Wildman–Crippen MR) is 76.9 cm³/mol. The first-order valence-electron chi connectivity index (χ1n) is 5.51. The van der Waals surface area contributed by atoms with E-state index in [0.717, 1.165) is 22.7 Å². The number of carbonyl (C=O) groups excluding carboxylic acids is 1. The van der Waals surface area contributed by atoms with Gasteiger partial charge >= 0.3 is 0 Å². The van der Waals surface area contributed by atoms with Crippen LogP contribution in [0.15, 0.2) is 46.9 Å². The van der Waals surface area contributed by atoms with E-state index in [1.807, 2.05) is 0 Å². The maximum absolute atomic E-state index is 12.1. The molecule has 2 aromatic rings. The van der Waals surface area contributed by atoms with Gasteiger partial charge in [0.05, 0.1) is 4.92 Å². The van der Waals surface area contributed by atoms with Crippen molar-refractivity contribution in [3.05, 3.63) is 62.6 Å². The number of hydrogen-bond acceptors (Lipinski definition) is 4. The van der Waals surface area contributed by atoms with Crippen LogP contribution in [0.5, 0.6) is 5.75 Å². The molecule has 0 aliphatic rings. The Bertz CT molecular complexity index is 688. The minimum Gasteiger partial charge on any atom is -0.508 e. The van der Waals surface area contributed by atoms with Gasteiger partial charge in [-0.1, -0.05) is 22.0 Å². The van der Waals surface area contributed by atoms with Crippen LogP contribution in [0.1, 0.15) is 10.4 Å². The van der Waals surface area contributed by atoms with Crippen molar-refractivity contribution in [2.45, 2.75) is 0 Å². The number of benzene rings is 2. The second kappa shape index (κ2) is 5.70. The molecule has 0 aliphatic heterocycles. The third-order valence-electron chi connectivity index (χ3n) is 2.50. The molecule has 0 aliphatic carbocycles. The van der Waals surface area contributed by atoms with Gasteiger partial charge in [-0.2, -0.15) is 0 Å². The average Bonchev–Trinajstić information content (AvgIpc) is 2.38. The van der Waals surface area contributed by atoms with Gasteiger partial charge in [-0.15, -0.1) is 0 Å². The van der Waals surface area contributed by atoms with E-state index < -0.39 is 10.8 Å². The third kappa shape index (κ3) is 3.12. The Hall–Kier alpha value is -2.41. The highest BCUT2D eigenvalue weighted by atomic mass is 79.9. The second-order valence-corrected chi connectivity index (χ2v) is 4.84. The summed E-state index contributed by atoms with van der Waals surface area (Å²) in [6, 6.07) is 10.1. The van der Waals surface area contributed by atoms with E-state index in [4.69, 9.17) is 0 Å². The molecule has 102 valence electrons. The van der Waals surface area contributed by atoms with Crippen LogP contribution in [0.2, 0.25) is 0 Å². The number of rotatable bonds is 3. The molecule has 0 atom stereocenters. The number of phenols is 1. The Morgan fingerprint density at radius 2 is 2.00 bits per heavy atom. The summed E-state index contributed by atoms with van der Waals surface area (Å²) in [7, 11) is 0. The molecule has 20 heavy (non-hydrogen) atoms. The Morgan fingerprint density at radius 1 is 1.25 bits per heavy atom. The van der Waals surface area contributed by atoms with Gasteiger partial charge < -0.3 is 10.4 Å². The number of nitro groups is 1. The summed E-state index contributed by atoms with van der Waals surface area (Å²) in [4.78, 5) is 22.3. The number of hydrogen-bond donors (Lipinski definition) is 2. The Kier molecular flexibility index (Phi) is 3.99. The van der Waals surface area contributed by atoms with Gasteiger partial charge in [0, 0.05) is 16.2 Å². The van der Waals surface area contributed by atoms with E-state index in [1.54, 1.807) is 24.3 Å². The van der Waals surface area contributed by atoms with Gasteiger partial charge in [0.2, 0.25) is 0 Å². The van der Waals surface area contributed by atoms with E-state index in [2.05, 4.69) is 21.2 Å². The summed E-state index contributed by atoms with van der Waals surface area (Å²) in [5, 5.41) is 22.8. The van der Waals surface area contributed by atoms with Crippen LogP contribution in [0.25, 0.3) is 0 Å². The first kappa shape index (κ1) is 14.0. The molecule has 0 unspecified atom stereocenters. The van der Waals surface area contributed by atoms with Crippen molar-refractivity contribution in [1.82, 2.24) is 0 Å². The molecular weight excluding hydrogens is 328 g/mol. The number of nitrogens with zero attached hydrogens (tertiary/aromatic N) is 1. The highest BCUT2D eigenvalue weighted by Crippen LogP contribution is 2.24. The first-order valence-corrected chi connectivity index (χ1v) is 6.31. The van der Waals surface area contributed by atoms with Crippen molar-refractivity contribution in [2.75, 3.05) is 5.32 Å². The van der Waals surface area contributed by atoms with Gasteiger partial charge in [0.1, 0.15) is 11.3 Å². The van der Waals surface area contributed by atoms with E-state index >= 15 is 0 Å². The summed E-state index contributed by atoms with van der Waals surface area (Å²) in [6.07, 6.45) is 0. The van der Waals surface area contributed by atoms with Crippen LogP contribution in [0.3, 0.4) is 0 Å². The van der Waals surface area contributed by atoms with Gasteiger partial charge in [-0.25, -0.2) is 0 Å². The molecule has 2 rings (SSSR count). The van der Waals surface area contributed by atoms with Gasteiger partial charge in [-0.05, 0) is 30.3 Å². The van der Waals surface area contributed by atoms with Gasteiger partial charge in [0.15, 0.2) is 0 Å².